The minimum absolute atomic E-state index is 0. The molecule has 1 fully saturated rings. The fourth-order valence-corrected chi connectivity index (χ4v) is 5.39. The summed E-state index contributed by atoms with van der Waals surface area (Å²) in [7, 11) is 0. The van der Waals surface area contributed by atoms with Crippen molar-refractivity contribution in [3.63, 3.8) is 0 Å². The lowest BCUT2D eigenvalue weighted by atomic mass is 9.87. The van der Waals surface area contributed by atoms with Crippen LogP contribution in [0, 0.1) is 6.92 Å². The number of hydrogen-bond donors (Lipinski definition) is 0. The molecule has 5 rings (SSSR count). The van der Waals surface area contributed by atoms with E-state index in [-0.39, 0.29) is 13.2 Å². The van der Waals surface area contributed by atoms with Crippen LogP contribution in [0.4, 0.5) is 0 Å². The van der Waals surface area contributed by atoms with Crippen LogP contribution in [0.25, 0.3) is 5.57 Å². The SMILES string of the molecule is C.Cc1cccnc1CN1CCC(=C2c3ccccc3CC(=O)c3sccc32)CC1. The quantitative estimate of drug-likeness (QED) is 0.519. The predicted octanol–water partition coefficient (Wildman–Crippen LogP) is 5.92. The van der Waals surface area contributed by atoms with E-state index in [1.165, 1.54) is 28.0 Å². The second-order valence-electron chi connectivity index (χ2n) is 7.94. The van der Waals surface area contributed by atoms with Crippen molar-refractivity contribution in [3.05, 3.63) is 92.4 Å². The number of benzene rings is 1. The molecule has 3 heterocycles. The second kappa shape index (κ2) is 8.66. The van der Waals surface area contributed by atoms with Crippen molar-refractivity contribution in [3.8, 4) is 0 Å². The summed E-state index contributed by atoms with van der Waals surface area (Å²) in [6, 6.07) is 14.7. The van der Waals surface area contributed by atoms with Crippen LogP contribution in [0.3, 0.4) is 0 Å². The Bertz CT molecular complexity index is 1100. The number of aromatic nitrogens is 1. The van der Waals surface area contributed by atoms with E-state index in [1.807, 2.05) is 18.3 Å². The van der Waals surface area contributed by atoms with Crippen LogP contribution < -0.4 is 0 Å². The van der Waals surface area contributed by atoms with Crippen molar-refractivity contribution < 1.29 is 4.79 Å². The van der Waals surface area contributed by atoms with E-state index in [0.717, 1.165) is 48.5 Å². The van der Waals surface area contributed by atoms with E-state index in [0.29, 0.717) is 6.42 Å². The third-order valence-corrected chi connectivity index (χ3v) is 7.09. The molecule has 0 atom stereocenters. The summed E-state index contributed by atoms with van der Waals surface area (Å²) >= 11 is 1.59. The molecule has 154 valence electrons. The third-order valence-electron chi connectivity index (χ3n) is 6.13. The van der Waals surface area contributed by atoms with Gasteiger partial charge in [-0.15, -0.1) is 11.3 Å². The first kappa shape index (κ1) is 20.7. The van der Waals surface area contributed by atoms with Crippen LogP contribution in [0.5, 0.6) is 0 Å². The fraction of sp³-hybridized carbons (Fsp3) is 0.308. The molecule has 1 saturated heterocycles. The van der Waals surface area contributed by atoms with E-state index >= 15 is 0 Å². The van der Waals surface area contributed by atoms with E-state index in [2.05, 4.69) is 52.5 Å². The minimum Gasteiger partial charge on any atom is -0.297 e. The molecule has 0 spiro atoms. The molecule has 0 radical (unpaired) electrons. The molecule has 30 heavy (non-hydrogen) atoms. The molecule has 2 aliphatic rings. The lowest BCUT2D eigenvalue weighted by Gasteiger charge is -2.30. The van der Waals surface area contributed by atoms with Gasteiger partial charge in [0, 0.05) is 37.8 Å². The average Bonchev–Trinajstić information content (AvgIpc) is 3.18. The number of piperidine rings is 1. The lowest BCUT2D eigenvalue weighted by molar-refractivity contribution is 0.0997. The van der Waals surface area contributed by atoms with Gasteiger partial charge in [-0.05, 0) is 59.5 Å². The molecule has 4 heteroatoms. The molecule has 3 nitrogen and oxygen atoms in total. The van der Waals surface area contributed by atoms with Crippen molar-refractivity contribution in [1.82, 2.24) is 9.88 Å². The zero-order valence-corrected chi connectivity index (χ0v) is 17.5. The molecular formula is C26H28N2OS. The Labute approximate surface area is 183 Å². The van der Waals surface area contributed by atoms with Crippen LogP contribution >= 0.6 is 11.3 Å². The Morgan fingerprint density at radius 2 is 1.83 bits per heavy atom. The van der Waals surface area contributed by atoms with Gasteiger partial charge >= 0.3 is 0 Å². The molecule has 0 amide bonds. The van der Waals surface area contributed by atoms with E-state index in [1.54, 1.807) is 11.3 Å². The summed E-state index contributed by atoms with van der Waals surface area (Å²) in [5, 5.41) is 2.07. The zero-order valence-electron chi connectivity index (χ0n) is 16.6. The molecule has 1 aliphatic carbocycles. The van der Waals surface area contributed by atoms with Crippen LogP contribution in [0.15, 0.2) is 59.6 Å². The summed E-state index contributed by atoms with van der Waals surface area (Å²) in [5.41, 5.74) is 8.80. The number of rotatable bonds is 2. The zero-order chi connectivity index (χ0) is 19.8. The Morgan fingerprint density at radius 3 is 2.63 bits per heavy atom. The van der Waals surface area contributed by atoms with Gasteiger partial charge in [-0.2, -0.15) is 0 Å². The molecule has 0 unspecified atom stereocenters. The van der Waals surface area contributed by atoms with Gasteiger partial charge in [-0.1, -0.05) is 43.3 Å². The molecule has 0 bridgehead atoms. The van der Waals surface area contributed by atoms with Crippen LogP contribution in [0.2, 0.25) is 0 Å². The maximum Gasteiger partial charge on any atom is 0.177 e. The Balaban J connectivity index is 0.00000218. The second-order valence-corrected chi connectivity index (χ2v) is 8.86. The molecule has 3 aromatic rings. The number of fused-ring (bicyclic) bond motifs is 2. The number of thiophene rings is 1. The van der Waals surface area contributed by atoms with Gasteiger partial charge in [0.05, 0.1) is 10.6 Å². The van der Waals surface area contributed by atoms with Crippen molar-refractivity contribution >= 4 is 22.7 Å². The third kappa shape index (κ3) is 3.78. The number of carbonyl (C=O) groups is 1. The van der Waals surface area contributed by atoms with Gasteiger partial charge in [0.2, 0.25) is 0 Å². The topological polar surface area (TPSA) is 33.2 Å². The largest absolute Gasteiger partial charge is 0.297 e. The highest BCUT2D eigenvalue weighted by Gasteiger charge is 2.28. The number of nitrogens with zero attached hydrogens (tertiary/aromatic N) is 2. The van der Waals surface area contributed by atoms with Crippen LogP contribution in [-0.2, 0) is 13.0 Å². The molecule has 0 N–H and O–H groups in total. The van der Waals surface area contributed by atoms with Gasteiger partial charge in [0.15, 0.2) is 5.78 Å². The summed E-state index contributed by atoms with van der Waals surface area (Å²) < 4.78 is 0. The van der Waals surface area contributed by atoms with Crippen molar-refractivity contribution in [2.45, 2.75) is 40.2 Å². The molecule has 0 saturated carbocycles. The average molecular weight is 417 g/mol. The first-order valence-electron chi connectivity index (χ1n) is 10.2. The van der Waals surface area contributed by atoms with Gasteiger partial charge in [0.25, 0.3) is 0 Å². The highest BCUT2D eigenvalue weighted by Crippen LogP contribution is 2.40. The molecule has 2 aromatic heterocycles. The normalized spacial score (nSPS) is 16.5. The lowest BCUT2D eigenvalue weighted by Crippen LogP contribution is -2.31. The molecule has 1 aromatic carbocycles. The number of ketones is 1. The van der Waals surface area contributed by atoms with Crippen LogP contribution in [-0.4, -0.2) is 28.8 Å². The van der Waals surface area contributed by atoms with Gasteiger partial charge < -0.3 is 0 Å². The monoisotopic (exact) mass is 416 g/mol. The number of carbonyl (C=O) groups excluding carboxylic acids is 1. The fourth-order valence-electron chi connectivity index (χ4n) is 4.55. The summed E-state index contributed by atoms with van der Waals surface area (Å²) in [6.07, 6.45) is 4.47. The van der Waals surface area contributed by atoms with Crippen molar-refractivity contribution in [2.24, 2.45) is 0 Å². The number of aryl methyl sites for hydroxylation is 1. The Hall–Kier alpha value is -2.56. The maximum absolute atomic E-state index is 12.8. The Morgan fingerprint density at radius 1 is 1.03 bits per heavy atom. The van der Waals surface area contributed by atoms with E-state index < -0.39 is 0 Å². The Kier molecular flexibility index (Phi) is 5.98. The van der Waals surface area contributed by atoms with E-state index in [9.17, 15) is 4.79 Å². The first-order valence-corrected chi connectivity index (χ1v) is 11.1. The van der Waals surface area contributed by atoms with Crippen molar-refractivity contribution in [1.29, 1.82) is 0 Å². The summed E-state index contributed by atoms with van der Waals surface area (Å²) in [6.45, 7) is 5.11. The van der Waals surface area contributed by atoms with E-state index in [4.69, 9.17) is 0 Å². The molecule has 1 aliphatic heterocycles. The van der Waals surface area contributed by atoms with Gasteiger partial charge in [0.1, 0.15) is 0 Å². The smallest absolute Gasteiger partial charge is 0.177 e. The first-order chi connectivity index (χ1) is 14.2. The summed E-state index contributed by atoms with van der Waals surface area (Å²) in [5.74, 6) is 0.251. The maximum atomic E-state index is 12.8. The standard InChI is InChI=1S/C25H24N2OS.CH4/c1-17-5-4-11-26-22(17)16-27-12-8-18(9-13-27)24-20-7-3-2-6-19(20)15-23(28)25-21(24)10-14-29-25;/h2-7,10-11,14H,8-9,12-13,15-16H2,1H3;1H4. The predicted molar refractivity (Wildman–Crippen MR) is 125 cm³/mol. The summed E-state index contributed by atoms with van der Waals surface area (Å²) in [4.78, 5) is 20.8. The number of likely N-dealkylation sites (tertiary alicyclic amines) is 1. The number of Topliss-reactive ketones (excluding diaryl/α,β-unsaturated/α-hetero) is 1. The minimum atomic E-state index is 0. The van der Waals surface area contributed by atoms with Crippen molar-refractivity contribution in [2.75, 3.05) is 13.1 Å². The number of pyridine rings is 1. The van der Waals surface area contributed by atoms with Gasteiger partial charge in [-0.3, -0.25) is 14.7 Å². The van der Waals surface area contributed by atoms with Gasteiger partial charge in [-0.25, -0.2) is 0 Å². The molecular weight excluding hydrogens is 388 g/mol. The van der Waals surface area contributed by atoms with Crippen LogP contribution in [0.1, 0.15) is 57.9 Å². The highest BCUT2D eigenvalue weighted by atomic mass is 32.1. The number of hydrogen-bond acceptors (Lipinski definition) is 4. The highest BCUT2D eigenvalue weighted by molar-refractivity contribution is 7.12.